The Kier molecular flexibility index (Phi) is 1.04. The van der Waals surface area contributed by atoms with Crippen LogP contribution in [0.25, 0.3) is 18.0 Å². The third-order valence-corrected chi connectivity index (χ3v) is 4.68. The fourth-order valence-electron chi connectivity index (χ4n) is 1.22. The van der Waals surface area contributed by atoms with E-state index in [0.717, 1.165) is 9.18 Å². The van der Waals surface area contributed by atoms with E-state index < -0.39 is 0 Å². The summed E-state index contributed by atoms with van der Waals surface area (Å²) in [6.45, 7) is 0. The Morgan fingerprint density at radius 3 is 3.00 bits per heavy atom. The van der Waals surface area contributed by atoms with Crippen LogP contribution >= 0.6 is 0 Å². The summed E-state index contributed by atoms with van der Waals surface area (Å²) in [6.07, 6.45) is 3.49. The predicted molar refractivity (Wildman–Crippen MR) is 42.9 cm³/mol. The number of fused-ring (bicyclic) bond motifs is 3. The van der Waals surface area contributed by atoms with E-state index in [1.54, 1.807) is 12.5 Å². The SMILES string of the molecule is c1cc2c(o1)[te]c1ccoc12. The van der Waals surface area contributed by atoms with E-state index in [4.69, 9.17) is 8.83 Å². The van der Waals surface area contributed by atoms with Crippen LogP contribution in [0.5, 0.6) is 0 Å². The summed E-state index contributed by atoms with van der Waals surface area (Å²) < 4.78 is 13.2. The van der Waals surface area contributed by atoms with Gasteiger partial charge in [0.15, 0.2) is 0 Å². The van der Waals surface area contributed by atoms with Gasteiger partial charge in [-0.05, 0) is 0 Å². The van der Waals surface area contributed by atoms with Gasteiger partial charge in [-0.25, -0.2) is 0 Å². The van der Waals surface area contributed by atoms with E-state index in [2.05, 4.69) is 0 Å². The molecule has 0 aliphatic heterocycles. The molecule has 0 unspecified atom stereocenters. The molecule has 3 heteroatoms. The molecule has 2 nitrogen and oxygen atoms in total. The van der Waals surface area contributed by atoms with Gasteiger partial charge in [0.25, 0.3) is 0 Å². The van der Waals surface area contributed by atoms with Gasteiger partial charge < -0.3 is 0 Å². The zero-order valence-corrected chi connectivity index (χ0v) is 7.86. The molecule has 0 fully saturated rings. The van der Waals surface area contributed by atoms with Crippen LogP contribution in [-0.2, 0) is 0 Å². The summed E-state index contributed by atoms with van der Waals surface area (Å²) in [4.78, 5) is 0. The molecule has 0 aliphatic rings. The predicted octanol–water partition coefficient (Wildman–Crippen LogP) is 2.24. The first-order valence-electron chi connectivity index (χ1n) is 3.28. The van der Waals surface area contributed by atoms with E-state index in [-0.39, 0.29) is 20.4 Å². The van der Waals surface area contributed by atoms with Gasteiger partial charge in [-0.1, -0.05) is 0 Å². The van der Waals surface area contributed by atoms with Crippen LogP contribution in [0.2, 0.25) is 0 Å². The first-order valence-corrected chi connectivity index (χ1v) is 5.61. The van der Waals surface area contributed by atoms with Gasteiger partial charge in [0.05, 0.1) is 0 Å². The van der Waals surface area contributed by atoms with Gasteiger partial charge in [-0.2, -0.15) is 0 Å². The molecule has 54 valence electrons. The molecule has 11 heavy (non-hydrogen) atoms. The average Bonchev–Trinajstić information content (AvgIpc) is 2.52. The maximum absolute atomic E-state index is 5.33. The number of rotatable bonds is 0. The first kappa shape index (κ1) is 5.93. The van der Waals surface area contributed by atoms with Crippen LogP contribution < -0.4 is 0 Å². The van der Waals surface area contributed by atoms with Crippen molar-refractivity contribution in [2.75, 3.05) is 0 Å². The fraction of sp³-hybridized carbons (Fsp3) is 0. The van der Waals surface area contributed by atoms with Crippen LogP contribution in [0.3, 0.4) is 0 Å². The Bertz CT molecular complexity index is 455. The van der Waals surface area contributed by atoms with Crippen molar-refractivity contribution in [3.63, 3.8) is 0 Å². The summed E-state index contributed by atoms with van der Waals surface area (Å²) in [7, 11) is 0. The van der Waals surface area contributed by atoms with Crippen molar-refractivity contribution in [1.82, 2.24) is 0 Å². The van der Waals surface area contributed by atoms with Crippen LogP contribution in [0.4, 0.5) is 0 Å². The Labute approximate surface area is 72.0 Å². The zero-order valence-electron chi connectivity index (χ0n) is 5.53. The third kappa shape index (κ3) is 0.675. The molecule has 0 spiro atoms. The minimum absolute atomic E-state index is 0.258. The molecule has 3 aromatic heterocycles. The molecule has 0 saturated heterocycles. The topological polar surface area (TPSA) is 26.3 Å². The van der Waals surface area contributed by atoms with E-state index in [0.29, 0.717) is 0 Å². The van der Waals surface area contributed by atoms with Crippen LogP contribution in [-0.4, -0.2) is 20.4 Å². The van der Waals surface area contributed by atoms with Crippen molar-refractivity contribution in [2.45, 2.75) is 0 Å². The van der Waals surface area contributed by atoms with E-state index in [1.165, 1.54) is 8.79 Å². The van der Waals surface area contributed by atoms with E-state index in [9.17, 15) is 0 Å². The van der Waals surface area contributed by atoms with Gasteiger partial charge in [0.2, 0.25) is 0 Å². The molecule has 0 amide bonds. The van der Waals surface area contributed by atoms with Crippen molar-refractivity contribution >= 4 is 38.4 Å². The molecule has 0 bridgehead atoms. The molecule has 0 aliphatic carbocycles. The molecule has 0 N–H and O–H groups in total. The molecular formula is C8H4O2Te. The molecule has 0 atom stereocenters. The Morgan fingerprint density at radius 1 is 1.09 bits per heavy atom. The van der Waals surface area contributed by atoms with E-state index in [1.807, 2.05) is 12.1 Å². The quantitative estimate of drug-likeness (QED) is 0.579. The van der Waals surface area contributed by atoms with Crippen LogP contribution in [0.1, 0.15) is 0 Å². The Hall–Kier alpha value is -0.650. The normalized spacial score (nSPS) is 11.6. The maximum atomic E-state index is 5.33. The van der Waals surface area contributed by atoms with Crippen LogP contribution in [0.15, 0.2) is 33.5 Å². The summed E-state index contributed by atoms with van der Waals surface area (Å²) in [5.41, 5.74) is 1.04. The fourth-order valence-corrected chi connectivity index (χ4v) is 3.92. The first-order chi connectivity index (χ1) is 5.45. The van der Waals surface area contributed by atoms with Gasteiger partial charge in [-0.3, -0.25) is 0 Å². The van der Waals surface area contributed by atoms with Gasteiger partial charge in [0.1, 0.15) is 0 Å². The summed E-state index contributed by atoms with van der Waals surface area (Å²) in [6, 6.07) is 4.03. The van der Waals surface area contributed by atoms with Crippen molar-refractivity contribution in [1.29, 1.82) is 0 Å². The summed E-state index contributed by atoms with van der Waals surface area (Å²) in [5.74, 6) is 0. The molecule has 0 saturated carbocycles. The van der Waals surface area contributed by atoms with Gasteiger partial charge >= 0.3 is 71.9 Å². The molecule has 3 rings (SSSR count). The molecule has 0 radical (unpaired) electrons. The Balaban J connectivity index is 2.75. The molecule has 0 aromatic carbocycles. The number of hydrogen-bond donors (Lipinski definition) is 0. The second kappa shape index (κ2) is 1.94. The summed E-state index contributed by atoms with van der Waals surface area (Å²) in [5, 5.41) is 1.17. The standard InChI is InChI=1S/C8H4O2Te/c1-3-10-8-5(1)7-6(11-8)2-4-9-7/h1-4H. The van der Waals surface area contributed by atoms with Gasteiger partial charge in [0, 0.05) is 0 Å². The monoisotopic (exact) mass is 262 g/mol. The van der Waals surface area contributed by atoms with E-state index >= 15 is 0 Å². The van der Waals surface area contributed by atoms with Crippen molar-refractivity contribution < 1.29 is 8.83 Å². The second-order valence-corrected chi connectivity index (χ2v) is 5.23. The summed E-state index contributed by atoms with van der Waals surface area (Å²) >= 11 is -0.258. The number of furan rings is 2. The van der Waals surface area contributed by atoms with Crippen molar-refractivity contribution in [3.05, 3.63) is 24.7 Å². The van der Waals surface area contributed by atoms with Crippen LogP contribution in [0, 0.1) is 0 Å². The minimum atomic E-state index is -0.258. The number of hydrogen-bond acceptors (Lipinski definition) is 2. The molecular weight excluding hydrogens is 256 g/mol. The van der Waals surface area contributed by atoms with Gasteiger partial charge in [-0.15, -0.1) is 0 Å². The zero-order chi connectivity index (χ0) is 7.26. The molecule has 3 heterocycles. The third-order valence-electron chi connectivity index (χ3n) is 1.71. The molecule has 3 aromatic rings. The van der Waals surface area contributed by atoms with Crippen molar-refractivity contribution in [2.24, 2.45) is 0 Å². The Morgan fingerprint density at radius 2 is 2.00 bits per heavy atom. The average molecular weight is 260 g/mol. The second-order valence-electron chi connectivity index (χ2n) is 2.34. The van der Waals surface area contributed by atoms with Crippen molar-refractivity contribution in [3.8, 4) is 0 Å².